The Balaban J connectivity index is 2.49. The van der Waals surface area contributed by atoms with Crippen LogP contribution in [0.3, 0.4) is 0 Å². The Bertz CT molecular complexity index is 492. The van der Waals surface area contributed by atoms with Crippen LogP contribution < -0.4 is 0 Å². The van der Waals surface area contributed by atoms with Crippen molar-refractivity contribution in [2.75, 3.05) is 0 Å². The molecule has 0 N–H and O–H groups in total. The van der Waals surface area contributed by atoms with Gasteiger partial charge in [0.15, 0.2) is 0 Å². The molecular formula is C13H8. The SMILES string of the molecule is [C]1C=Cc2c1ccc1ccccc21. The summed E-state index contributed by atoms with van der Waals surface area (Å²) in [6.07, 6.45) is 7.32. The normalized spacial score (nSPS) is 13.5. The van der Waals surface area contributed by atoms with Gasteiger partial charge < -0.3 is 0 Å². The first-order valence-corrected chi connectivity index (χ1v) is 4.40. The second-order valence-corrected chi connectivity index (χ2v) is 3.23. The molecule has 0 atom stereocenters. The first kappa shape index (κ1) is 6.90. The number of rotatable bonds is 0. The van der Waals surface area contributed by atoms with Crippen molar-refractivity contribution in [1.82, 2.24) is 0 Å². The summed E-state index contributed by atoms with van der Waals surface area (Å²) in [5.74, 6) is 0. The van der Waals surface area contributed by atoms with Crippen LogP contribution in [0.15, 0.2) is 42.5 Å². The Morgan fingerprint density at radius 1 is 0.923 bits per heavy atom. The van der Waals surface area contributed by atoms with E-state index >= 15 is 0 Å². The number of allylic oxidation sites excluding steroid dienone is 1. The molecule has 3 rings (SSSR count). The zero-order chi connectivity index (χ0) is 8.67. The van der Waals surface area contributed by atoms with Crippen LogP contribution in [-0.2, 0) is 0 Å². The molecule has 13 heavy (non-hydrogen) atoms. The summed E-state index contributed by atoms with van der Waals surface area (Å²) in [5.41, 5.74) is 2.51. The van der Waals surface area contributed by atoms with Crippen LogP contribution in [0, 0.1) is 6.42 Å². The van der Waals surface area contributed by atoms with Gasteiger partial charge in [-0.2, -0.15) is 0 Å². The molecule has 0 spiro atoms. The van der Waals surface area contributed by atoms with E-state index in [1.54, 1.807) is 0 Å². The molecule has 0 aliphatic heterocycles. The predicted molar refractivity (Wildman–Crippen MR) is 55.3 cm³/mol. The Morgan fingerprint density at radius 3 is 2.85 bits per heavy atom. The van der Waals surface area contributed by atoms with Crippen LogP contribution in [0.5, 0.6) is 0 Å². The largest absolute Gasteiger partial charge is 0.0708 e. The Labute approximate surface area is 77.5 Å². The Morgan fingerprint density at radius 2 is 1.85 bits per heavy atom. The van der Waals surface area contributed by atoms with Crippen molar-refractivity contribution in [1.29, 1.82) is 0 Å². The molecule has 2 aromatic rings. The van der Waals surface area contributed by atoms with Gasteiger partial charge in [-0.1, -0.05) is 48.6 Å². The van der Waals surface area contributed by atoms with E-state index in [1.165, 1.54) is 21.9 Å². The van der Waals surface area contributed by atoms with E-state index in [0.29, 0.717) is 0 Å². The van der Waals surface area contributed by atoms with Crippen LogP contribution >= 0.6 is 0 Å². The lowest BCUT2D eigenvalue weighted by atomic mass is 10.0. The molecule has 2 aromatic carbocycles. The maximum absolute atomic E-state index is 3.21. The summed E-state index contributed by atoms with van der Waals surface area (Å²) in [6.45, 7) is 0. The van der Waals surface area contributed by atoms with Crippen molar-refractivity contribution in [3.05, 3.63) is 60.0 Å². The van der Waals surface area contributed by atoms with Crippen molar-refractivity contribution in [2.24, 2.45) is 0 Å². The molecule has 0 heteroatoms. The average Bonchev–Trinajstić information content (AvgIpc) is 2.65. The average molecular weight is 164 g/mol. The molecule has 0 bridgehead atoms. The summed E-state index contributed by atoms with van der Waals surface area (Å²) >= 11 is 0. The minimum atomic E-state index is 1.21. The lowest BCUT2D eigenvalue weighted by molar-refractivity contribution is 1.59. The standard InChI is InChI=1S/C13H8/c1-2-6-12-10(4-1)8-9-11-5-3-7-13(11)12/h1-4,6-9H. The minimum Gasteiger partial charge on any atom is -0.0708 e. The quantitative estimate of drug-likeness (QED) is 0.560. The van der Waals surface area contributed by atoms with Crippen LogP contribution in [0.2, 0.25) is 0 Å². The first-order chi connectivity index (χ1) is 6.45. The molecular weight excluding hydrogens is 156 g/mol. The van der Waals surface area contributed by atoms with E-state index in [2.05, 4.69) is 48.9 Å². The van der Waals surface area contributed by atoms with E-state index in [-0.39, 0.29) is 0 Å². The van der Waals surface area contributed by atoms with E-state index < -0.39 is 0 Å². The zero-order valence-corrected chi connectivity index (χ0v) is 7.12. The molecule has 0 aromatic heterocycles. The highest BCUT2D eigenvalue weighted by Gasteiger charge is 2.08. The van der Waals surface area contributed by atoms with Gasteiger partial charge in [-0.3, -0.25) is 0 Å². The van der Waals surface area contributed by atoms with Crippen molar-refractivity contribution < 1.29 is 0 Å². The number of fused-ring (bicyclic) bond motifs is 3. The summed E-state index contributed by atoms with van der Waals surface area (Å²) in [7, 11) is 0. The molecule has 0 heterocycles. The smallest absolute Gasteiger partial charge is 0.0429 e. The van der Waals surface area contributed by atoms with Crippen molar-refractivity contribution in [2.45, 2.75) is 0 Å². The predicted octanol–water partition coefficient (Wildman–Crippen LogP) is 3.30. The molecule has 0 fully saturated rings. The third-order valence-electron chi connectivity index (χ3n) is 2.46. The van der Waals surface area contributed by atoms with Crippen molar-refractivity contribution >= 4 is 16.8 Å². The van der Waals surface area contributed by atoms with Crippen LogP contribution in [0.1, 0.15) is 11.1 Å². The molecule has 0 amide bonds. The lowest BCUT2D eigenvalue weighted by Gasteiger charge is -2.03. The fourth-order valence-electron chi connectivity index (χ4n) is 1.82. The van der Waals surface area contributed by atoms with E-state index in [1.807, 2.05) is 6.08 Å². The molecule has 2 radical (unpaired) electrons. The van der Waals surface area contributed by atoms with Crippen molar-refractivity contribution in [3.8, 4) is 0 Å². The molecule has 0 saturated heterocycles. The van der Waals surface area contributed by atoms with E-state index in [9.17, 15) is 0 Å². The van der Waals surface area contributed by atoms with E-state index in [4.69, 9.17) is 0 Å². The molecule has 0 saturated carbocycles. The summed E-state index contributed by atoms with van der Waals surface area (Å²) in [5, 5.41) is 2.62. The van der Waals surface area contributed by atoms with Crippen LogP contribution in [-0.4, -0.2) is 0 Å². The number of hydrogen-bond acceptors (Lipinski definition) is 0. The maximum Gasteiger partial charge on any atom is 0.0429 e. The molecule has 1 aliphatic carbocycles. The minimum absolute atomic E-state index is 1.21. The zero-order valence-electron chi connectivity index (χ0n) is 7.12. The van der Waals surface area contributed by atoms with E-state index in [0.717, 1.165) is 0 Å². The van der Waals surface area contributed by atoms with Crippen LogP contribution in [0.4, 0.5) is 0 Å². The van der Waals surface area contributed by atoms with Gasteiger partial charge in [0.25, 0.3) is 0 Å². The highest BCUT2D eigenvalue weighted by molar-refractivity contribution is 5.94. The number of benzene rings is 2. The summed E-state index contributed by atoms with van der Waals surface area (Å²) in [4.78, 5) is 0. The van der Waals surface area contributed by atoms with Gasteiger partial charge >= 0.3 is 0 Å². The van der Waals surface area contributed by atoms with Gasteiger partial charge in [-0.15, -0.1) is 0 Å². The van der Waals surface area contributed by atoms with Gasteiger partial charge in [0.1, 0.15) is 0 Å². The first-order valence-electron chi connectivity index (χ1n) is 4.40. The monoisotopic (exact) mass is 164 g/mol. The lowest BCUT2D eigenvalue weighted by Crippen LogP contribution is -1.81. The van der Waals surface area contributed by atoms with Gasteiger partial charge in [-0.05, 0) is 21.9 Å². The topological polar surface area (TPSA) is 0 Å². The van der Waals surface area contributed by atoms with Gasteiger partial charge in [0, 0.05) is 6.42 Å². The summed E-state index contributed by atoms with van der Waals surface area (Å²) in [6, 6.07) is 12.7. The second kappa shape index (κ2) is 2.46. The summed E-state index contributed by atoms with van der Waals surface area (Å²) < 4.78 is 0. The third-order valence-corrected chi connectivity index (χ3v) is 2.46. The van der Waals surface area contributed by atoms with Gasteiger partial charge in [-0.25, -0.2) is 0 Å². The number of hydrogen-bond donors (Lipinski definition) is 0. The molecule has 60 valence electrons. The molecule has 0 unspecified atom stereocenters. The Kier molecular flexibility index (Phi) is 1.31. The van der Waals surface area contributed by atoms with Gasteiger partial charge in [0.2, 0.25) is 0 Å². The van der Waals surface area contributed by atoms with Gasteiger partial charge in [0.05, 0.1) is 0 Å². The maximum atomic E-state index is 3.21. The second-order valence-electron chi connectivity index (χ2n) is 3.23. The van der Waals surface area contributed by atoms with Crippen molar-refractivity contribution in [3.63, 3.8) is 0 Å². The van der Waals surface area contributed by atoms with Crippen LogP contribution in [0.25, 0.3) is 16.8 Å². The third kappa shape index (κ3) is 0.919. The highest BCUT2D eigenvalue weighted by atomic mass is 14.1. The molecule has 0 nitrogen and oxygen atoms in total. The highest BCUT2D eigenvalue weighted by Crippen LogP contribution is 2.28. The fraction of sp³-hybridized carbons (Fsp3) is 0. The fourth-order valence-corrected chi connectivity index (χ4v) is 1.82. The Hall–Kier alpha value is -1.56. The molecule has 1 aliphatic rings.